The van der Waals surface area contributed by atoms with Crippen LogP contribution in [0, 0.1) is 5.82 Å². The highest BCUT2D eigenvalue weighted by molar-refractivity contribution is 5.83. The van der Waals surface area contributed by atoms with Gasteiger partial charge in [0.2, 0.25) is 0 Å². The maximum atomic E-state index is 13.2. The van der Waals surface area contributed by atoms with Crippen molar-refractivity contribution in [3.05, 3.63) is 35.8 Å². The van der Waals surface area contributed by atoms with Crippen LogP contribution in [-0.2, 0) is 11.2 Å². The summed E-state index contributed by atoms with van der Waals surface area (Å²) in [5.41, 5.74) is 2.01. The largest absolute Gasteiger partial charge is 0.378 e. The number of benzene rings is 1. The Balaban J connectivity index is 1.34. The summed E-state index contributed by atoms with van der Waals surface area (Å²) in [6, 6.07) is 4.86. The van der Waals surface area contributed by atoms with Crippen LogP contribution in [0.15, 0.2) is 29.4 Å². The smallest absolute Gasteiger partial charge is 0.190 e. The SMILES string of the molecule is CN=C(NCCCOC1CCCC1)NCCc1c[nH]c2cc(F)ccc12. The fourth-order valence-corrected chi connectivity index (χ4v) is 3.49. The molecule has 1 fully saturated rings. The van der Waals surface area contributed by atoms with Gasteiger partial charge in [-0.2, -0.15) is 0 Å². The van der Waals surface area contributed by atoms with Crippen molar-refractivity contribution in [2.24, 2.45) is 4.99 Å². The molecule has 6 heteroatoms. The molecule has 1 aromatic carbocycles. The normalized spacial score (nSPS) is 15.7. The molecule has 3 N–H and O–H groups in total. The van der Waals surface area contributed by atoms with Gasteiger partial charge in [-0.1, -0.05) is 12.8 Å². The quantitative estimate of drug-likeness (QED) is 0.384. The van der Waals surface area contributed by atoms with E-state index in [2.05, 4.69) is 20.6 Å². The van der Waals surface area contributed by atoms with Gasteiger partial charge < -0.3 is 20.4 Å². The van der Waals surface area contributed by atoms with Crippen molar-refractivity contribution in [3.8, 4) is 0 Å². The first kappa shape index (κ1) is 18.7. The molecule has 1 saturated carbocycles. The molecule has 1 aromatic heterocycles. The Morgan fingerprint density at radius 2 is 2.08 bits per heavy atom. The summed E-state index contributed by atoms with van der Waals surface area (Å²) in [7, 11) is 1.78. The summed E-state index contributed by atoms with van der Waals surface area (Å²) < 4.78 is 19.1. The van der Waals surface area contributed by atoms with E-state index >= 15 is 0 Å². The molecule has 0 amide bonds. The summed E-state index contributed by atoms with van der Waals surface area (Å²) in [6.07, 6.45) is 9.31. The third-order valence-corrected chi connectivity index (χ3v) is 4.91. The first-order valence-electron chi connectivity index (χ1n) is 9.58. The molecule has 0 unspecified atom stereocenters. The van der Waals surface area contributed by atoms with Gasteiger partial charge in [-0.05, 0) is 49.4 Å². The van der Waals surface area contributed by atoms with E-state index in [1.807, 2.05) is 12.3 Å². The Labute approximate surface area is 154 Å². The number of aliphatic imine (C=N–C) groups is 1. The van der Waals surface area contributed by atoms with Gasteiger partial charge in [0.15, 0.2) is 5.96 Å². The Hall–Kier alpha value is -2.08. The second-order valence-electron chi connectivity index (χ2n) is 6.81. The van der Waals surface area contributed by atoms with Crippen LogP contribution in [0.5, 0.6) is 0 Å². The lowest BCUT2D eigenvalue weighted by Gasteiger charge is -2.13. The van der Waals surface area contributed by atoms with E-state index < -0.39 is 0 Å². The van der Waals surface area contributed by atoms with Crippen LogP contribution in [0.1, 0.15) is 37.7 Å². The third-order valence-electron chi connectivity index (χ3n) is 4.91. The Morgan fingerprint density at radius 1 is 1.27 bits per heavy atom. The number of fused-ring (bicyclic) bond motifs is 1. The second-order valence-corrected chi connectivity index (χ2v) is 6.81. The number of nitrogens with zero attached hydrogens (tertiary/aromatic N) is 1. The van der Waals surface area contributed by atoms with Gasteiger partial charge >= 0.3 is 0 Å². The molecule has 1 aliphatic rings. The molecular formula is C20H29FN4O. The number of ether oxygens (including phenoxy) is 1. The first-order chi connectivity index (χ1) is 12.8. The molecule has 0 radical (unpaired) electrons. The maximum absolute atomic E-state index is 13.2. The summed E-state index contributed by atoms with van der Waals surface area (Å²) in [5.74, 6) is 0.585. The molecule has 0 spiro atoms. The van der Waals surface area contributed by atoms with Crippen LogP contribution < -0.4 is 10.6 Å². The molecular weight excluding hydrogens is 331 g/mol. The van der Waals surface area contributed by atoms with E-state index in [1.165, 1.54) is 43.4 Å². The lowest BCUT2D eigenvalue weighted by Crippen LogP contribution is -2.39. The van der Waals surface area contributed by atoms with Crippen molar-refractivity contribution in [3.63, 3.8) is 0 Å². The fraction of sp³-hybridized carbons (Fsp3) is 0.550. The van der Waals surface area contributed by atoms with Crippen LogP contribution in [0.25, 0.3) is 10.9 Å². The van der Waals surface area contributed by atoms with Gasteiger partial charge in [0.05, 0.1) is 6.10 Å². The third kappa shape index (κ3) is 5.21. The summed E-state index contributed by atoms with van der Waals surface area (Å²) in [4.78, 5) is 7.38. The Kier molecular flexibility index (Phi) is 6.89. The van der Waals surface area contributed by atoms with Gasteiger partial charge in [-0.15, -0.1) is 0 Å². The molecule has 1 aliphatic carbocycles. The van der Waals surface area contributed by atoms with Gasteiger partial charge in [-0.3, -0.25) is 4.99 Å². The summed E-state index contributed by atoms with van der Waals surface area (Å²) >= 11 is 0. The van der Waals surface area contributed by atoms with E-state index in [9.17, 15) is 4.39 Å². The number of H-pyrrole nitrogens is 1. The minimum Gasteiger partial charge on any atom is -0.378 e. The lowest BCUT2D eigenvalue weighted by atomic mass is 10.1. The van der Waals surface area contributed by atoms with Crippen molar-refractivity contribution in [2.75, 3.05) is 26.7 Å². The van der Waals surface area contributed by atoms with Gasteiger partial charge in [0, 0.05) is 43.8 Å². The molecule has 0 aliphatic heterocycles. The fourth-order valence-electron chi connectivity index (χ4n) is 3.49. The van der Waals surface area contributed by atoms with Gasteiger partial charge in [0.1, 0.15) is 5.82 Å². The predicted octanol–water partition coefficient (Wildman–Crippen LogP) is 3.36. The molecule has 142 valence electrons. The van der Waals surface area contributed by atoms with Gasteiger partial charge in [-0.25, -0.2) is 4.39 Å². The highest BCUT2D eigenvalue weighted by Gasteiger charge is 2.14. The van der Waals surface area contributed by atoms with Crippen LogP contribution >= 0.6 is 0 Å². The van der Waals surface area contributed by atoms with Crippen LogP contribution in [-0.4, -0.2) is 43.8 Å². The van der Waals surface area contributed by atoms with Crippen molar-refractivity contribution in [1.82, 2.24) is 15.6 Å². The molecule has 3 rings (SSSR count). The van der Waals surface area contributed by atoms with Crippen molar-refractivity contribution < 1.29 is 9.13 Å². The number of guanidine groups is 1. The lowest BCUT2D eigenvalue weighted by molar-refractivity contribution is 0.0574. The van der Waals surface area contributed by atoms with E-state index in [0.29, 0.717) is 6.10 Å². The van der Waals surface area contributed by atoms with E-state index in [4.69, 9.17) is 4.74 Å². The van der Waals surface area contributed by atoms with Crippen molar-refractivity contribution >= 4 is 16.9 Å². The zero-order valence-electron chi connectivity index (χ0n) is 15.5. The number of hydrogen-bond acceptors (Lipinski definition) is 2. The van der Waals surface area contributed by atoms with Crippen LogP contribution in [0.2, 0.25) is 0 Å². The Bertz CT molecular complexity index is 722. The number of halogens is 1. The minimum atomic E-state index is -0.217. The number of aromatic nitrogens is 1. The predicted molar refractivity (Wildman–Crippen MR) is 104 cm³/mol. The average Bonchev–Trinajstić information content (AvgIpc) is 3.29. The Morgan fingerprint density at radius 3 is 2.88 bits per heavy atom. The summed E-state index contributed by atoms with van der Waals surface area (Å²) in [5, 5.41) is 7.72. The number of rotatable bonds is 8. The monoisotopic (exact) mass is 360 g/mol. The molecule has 0 bridgehead atoms. The maximum Gasteiger partial charge on any atom is 0.190 e. The average molecular weight is 360 g/mol. The second kappa shape index (κ2) is 9.57. The van der Waals surface area contributed by atoms with Crippen molar-refractivity contribution in [1.29, 1.82) is 0 Å². The molecule has 0 saturated heterocycles. The van der Waals surface area contributed by atoms with Crippen LogP contribution in [0.4, 0.5) is 4.39 Å². The van der Waals surface area contributed by atoms with Crippen LogP contribution in [0.3, 0.4) is 0 Å². The highest BCUT2D eigenvalue weighted by atomic mass is 19.1. The molecule has 1 heterocycles. The standard InChI is InChI=1S/C20H29FN4O/c1-22-20(23-10-4-12-26-17-5-2-3-6-17)24-11-9-15-14-25-19-13-16(21)7-8-18(15)19/h7-8,13-14,17,25H,2-6,9-12H2,1H3,(H2,22,23,24). The van der Waals surface area contributed by atoms with E-state index in [0.717, 1.165) is 49.4 Å². The molecule has 2 aromatic rings. The zero-order chi connectivity index (χ0) is 18.2. The molecule has 26 heavy (non-hydrogen) atoms. The number of aromatic amines is 1. The highest BCUT2D eigenvalue weighted by Crippen LogP contribution is 2.21. The van der Waals surface area contributed by atoms with E-state index in [1.54, 1.807) is 7.05 Å². The molecule has 0 atom stereocenters. The minimum absolute atomic E-state index is 0.217. The van der Waals surface area contributed by atoms with E-state index in [-0.39, 0.29) is 5.82 Å². The topological polar surface area (TPSA) is 61.4 Å². The van der Waals surface area contributed by atoms with Crippen molar-refractivity contribution in [2.45, 2.75) is 44.6 Å². The first-order valence-corrected chi connectivity index (χ1v) is 9.58. The number of hydrogen-bond donors (Lipinski definition) is 3. The summed E-state index contributed by atoms with van der Waals surface area (Å²) in [6.45, 7) is 2.42. The molecule has 5 nitrogen and oxygen atoms in total. The number of nitrogens with one attached hydrogen (secondary N) is 3. The zero-order valence-corrected chi connectivity index (χ0v) is 15.5. The van der Waals surface area contributed by atoms with Gasteiger partial charge in [0.25, 0.3) is 0 Å².